The van der Waals surface area contributed by atoms with Gasteiger partial charge in [-0.15, -0.1) is 0 Å². The highest BCUT2D eigenvalue weighted by atomic mass is 16.6. The number of carbonyl (C=O) groups is 2. The Balaban J connectivity index is 1.52. The van der Waals surface area contributed by atoms with Crippen LogP contribution in [0.1, 0.15) is 39.1 Å². The van der Waals surface area contributed by atoms with Crippen molar-refractivity contribution in [2.75, 3.05) is 18.5 Å². The summed E-state index contributed by atoms with van der Waals surface area (Å²) in [6, 6.07) is 10.7. The first-order valence-corrected chi connectivity index (χ1v) is 8.73. The molecule has 6 nitrogen and oxygen atoms in total. The third-order valence-corrected chi connectivity index (χ3v) is 4.46. The topological polar surface area (TPSA) is 76.7 Å². The molecule has 0 atom stereocenters. The van der Waals surface area contributed by atoms with E-state index in [4.69, 9.17) is 9.47 Å². The van der Waals surface area contributed by atoms with Gasteiger partial charge in [-0.1, -0.05) is 6.07 Å². The molecule has 4 rings (SSSR count). The summed E-state index contributed by atoms with van der Waals surface area (Å²) in [5, 5.41) is 5.84. The lowest BCUT2D eigenvalue weighted by Gasteiger charge is -2.19. The summed E-state index contributed by atoms with van der Waals surface area (Å²) in [5.41, 5.74) is 2.52. The van der Waals surface area contributed by atoms with Gasteiger partial charge in [-0.2, -0.15) is 0 Å². The number of aryl methyl sites for hydroxylation is 1. The first kappa shape index (κ1) is 16.4. The summed E-state index contributed by atoms with van der Waals surface area (Å²) in [6.45, 7) is 2.87. The number of nitrogens with one attached hydrogen (secondary N) is 2. The summed E-state index contributed by atoms with van der Waals surface area (Å²) in [7, 11) is 0. The zero-order chi connectivity index (χ0) is 18.1. The van der Waals surface area contributed by atoms with Crippen LogP contribution < -0.4 is 20.1 Å². The van der Waals surface area contributed by atoms with Crippen molar-refractivity contribution >= 4 is 17.5 Å². The molecule has 1 heterocycles. The van der Waals surface area contributed by atoms with Gasteiger partial charge in [-0.3, -0.25) is 9.59 Å². The summed E-state index contributed by atoms with van der Waals surface area (Å²) in [6.07, 6.45) is 2.07. The number of hydrogen-bond acceptors (Lipinski definition) is 4. The van der Waals surface area contributed by atoms with Crippen molar-refractivity contribution < 1.29 is 19.1 Å². The molecule has 1 aliphatic carbocycles. The van der Waals surface area contributed by atoms with Crippen LogP contribution >= 0.6 is 0 Å². The Kier molecular flexibility index (Phi) is 4.24. The first-order valence-electron chi connectivity index (χ1n) is 8.73. The monoisotopic (exact) mass is 352 g/mol. The Morgan fingerprint density at radius 2 is 1.62 bits per heavy atom. The molecule has 2 aromatic carbocycles. The zero-order valence-electron chi connectivity index (χ0n) is 14.5. The van der Waals surface area contributed by atoms with E-state index in [0.717, 1.165) is 18.4 Å². The molecule has 1 saturated carbocycles. The minimum absolute atomic E-state index is 0.109. The third kappa shape index (κ3) is 3.49. The van der Waals surface area contributed by atoms with Crippen LogP contribution in [-0.4, -0.2) is 31.1 Å². The highest BCUT2D eigenvalue weighted by molar-refractivity contribution is 6.06. The standard InChI is InChI=1S/C20H20N2O4/c1-12-2-3-13(19(23)21-15-5-6-15)10-16(12)22-20(24)14-4-7-17-18(11-14)26-9-8-25-17/h2-4,7,10-11,15H,5-6,8-9H2,1H3,(H,21,23)(H,22,24). The van der Waals surface area contributed by atoms with Crippen LogP contribution in [0.4, 0.5) is 5.69 Å². The zero-order valence-corrected chi connectivity index (χ0v) is 14.5. The highest BCUT2D eigenvalue weighted by Crippen LogP contribution is 2.31. The van der Waals surface area contributed by atoms with Crippen molar-refractivity contribution in [3.8, 4) is 11.5 Å². The fourth-order valence-corrected chi connectivity index (χ4v) is 2.77. The fourth-order valence-electron chi connectivity index (χ4n) is 2.77. The van der Waals surface area contributed by atoms with Crippen LogP contribution in [0.5, 0.6) is 11.5 Å². The van der Waals surface area contributed by atoms with Crippen LogP contribution in [-0.2, 0) is 0 Å². The van der Waals surface area contributed by atoms with Gasteiger partial charge in [0.2, 0.25) is 0 Å². The van der Waals surface area contributed by atoms with E-state index < -0.39 is 0 Å². The third-order valence-electron chi connectivity index (χ3n) is 4.46. The van der Waals surface area contributed by atoms with Gasteiger partial charge in [0.15, 0.2) is 11.5 Å². The van der Waals surface area contributed by atoms with Gasteiger partial charge in [0.1, 0.15) is 13.2 Å². The summed E-state index contributed by atoms with van der Waals surface area (Å²) in [4.78, 5) is 24.8. The number of anilines is 1. The maximum Gasteiger partial charge on any atom is 0.255 e. The molecule has 0 unspecified atom stereocenters. The molecule has 0 bridgehead atoms. The van der Waals surface area contributed by atoms with E-state index >= 15 is 0 Å². The van der Waals surface area contributed by atoms with Crippen molar-refractivity contribution in [2.24, 2.45) is 0 Å². The van der Waals surface area contributed by atoms with E-state index in [1.165, 1.54) is 0 Å². The molecule has 2 aromatic rings. The smallest absolute Gasteiger partial charge is 0.255 e. The number of amides is 2. The molecule has 134 valence electrons. The second-order valence-corrected chi connectivity index (χ2v) is 6.59. The van der Waals surface area contributed by atoms with Gasteiger partial charge in [0, 0.05) is 22.9 Å². The second-order valence-electron chi connectivity index (χ2n) is 6.59. The Morgan fingerprint density at radius 1 is 0.923 bits per heavy atom. The van der Waals surface area contributed by atoms with Gasteiger partial charge in [0.25, 0.3) is 11.8 Å². The van der Waals surface area contributed by atoms with Gasteiger partial charge in [-0.05, 0) is 55.7 Å². The first-order chi connectivity index (χ1) is 12.6. The van der Waals surface area contributed by atoms with E-state index in [-0.39, 0.29) is 11.8 Å². The highest BCUT2D eigenvalue weighted by Gasteiger charge is 2.24. The average Bonchev–Trinajstić information content (AvgIpc) is 3.47. The van der Waals surface area contributed by atoms with Crippen LogP contribution in [0.15, 0.2) is 36.4 Å². The van der Waals surface area contributed by atoms with Gasteiger partial charge in [0.05, 0.1) is 0 Å². The number of benzene rings is 2. The summed E-state index contributed by atoms with van der Waals surface area (Å²) < 4.78 is 11.0. The normalized spacial score (nSPS) is 15.3. The van der Waals surface area contributed by atoms with Crippen molar-refractivity contribution in [3.05, 3.63) is 53.1 Å². The lowest BCUT2D eigenvalue weighted by Crippen LogP contribution is -2.25. The van der Waals surface area contributed by atoms with Gasteiger partial charge < -0.3 is 20.1 Å². The maximum atomic E-state index is 12.6. The molecule has 2 N–H and O–H groups in total. The van der Waals surface area contributed by atoms with E-state index in [2.05, 4.69) is 10.6 Å². The summed E-state index contributed by atoms with van der Waals surface area (Å²) >= 11 is 0. The molecule has 26 heavy (non-hydrogen) atoms. The number of carbonyl (C=O) groups excluding carboxylic acids is 2. The van der Waals surface area contributed by atoms with Crippen molar-refractivity contribution in [2.45, 2.75) is 25.8 Å². The largest absolute Gasteiger partial charge is 0.486 e. The summed E-state index contributed by atoms with van der Waals surface area (Å²) in [5.74, 6) is 0.841. The van der Waals surface area contributed by atoms with E-state index in [9.17, 15) is 9.59 Å². The van der Waals surface area contributed by atoms with Crippen molar-refractivity contribution in [1.82, 2.24) is 5.32 Å². The second kappa shape index (κ2) is 6.71. The molecule has 6 heteroatoms. The minimum Gasteiger partial charge on any atom is -0.486 e. The Bertz CT molecular complexity index is 874. The Labute approximate surface area is 151 Å². The molecule has 0 spiro atoms. The predicted octanol–water partition coefficient (Wildman–Crippen LogP) is 2.91. The Hall–Kier alpha value is -3.02. The van der Waals surface area contributed by atoms with Crippen LogP contribution in [0.2, 0.25) is 0 Å². The lowest BCUT2D eigenvalue weighted by atomic mass is 10.1. The molecule has 2 aliphatic rings. The quantitative estimate of drug-likeness (QED) is 0.887. The van der Waals surface area contributed by atoms with Crippen LogP contribution in [0.25, 0.3) is 0 Å². The number of hydrogen-bond donors (Lipinski definition) is 2. The number of rotatable bonds is 4. The Morgan fingerprint density at radius 3 is 2.38 bits per heavy atom. The van der Waals surface area contributed by atoms with E-state index in [1.54, 1.807) is 30.3 Å². The maximum absolute atomic E-state index is 12.6. The van der Waals surface area contributed by atoms with E-state index in [1.807, 2.05) is 13.0 Å². The minimum atomic E-state index is -0.259. The predicted molar refractivity (Wildman–Crippen MR) is 97.1 cm³/mol. The molecule has 0 aromatic heterocycles. The lowest BCUT2D eigenvalue weighted by molar-refractivity contribution is 0.0949. The molecule has 2 amide bonds. The fraction of sp³-hybridized carbons (Fsp3) is 0.300. The van der Waals surface area contributed by atoms with Crippen molar-refractivity contribution in [1.29, 1.82) is 0 Å². The van der Waals surface area contributed by atoms with Gasteiger partial charge in [-0.25, -0.2) is 0 Å². The van der Waals surface area contributed by atoms with Gasteiger partial charge >= 0.3 is 0 Å². The van der Waals surface area contributed by atoms with Crippen molar-refractivity contribution in [3.63, 3.8) is 0 Å². The van der Waals surface area contributed by atoms with Crippen LogP contribution in [0.3, 0.4) is 0 Å². The number of fused-ring (bicyclic) bond motifs is 1. The molecule has 1 fully saturated rings. The molecular formula is C20H20N2O4. The molecule has 0 radical (unpaired) electrons. The molecule has 0 saturated heterocycles. The SMILES string of the molecule is Cc1ccc(C(=O)NC2CC2)cc1NC(=O)c1ccc2c(c1)OCCO2. The molecular weight excluding hydrogens is 332 g/mol. The number of ether oxygens (including phenoxy) is 2. The van der Waals surface area contributed by atoms with Crippen LogP contribution in [0, 0.1) is 6.92 Å². The average molecular weight is 352 g/mol. The molecule has 1 aliphatic heterocycles. The van der Waals surface area contributed by atoms with E-state index in [0.29, 0.717) is 47.6 Å².